The first-order valence-electron chi connectivity index (χ1n) is 6.90. The van der Waals surface area contributed by atoms with E-state index >= 15 is 0 Å². The van der Waals surface area contributed by atoms with Crippen molar-refractivity contribution in [2.45, 2.75) is 6.92 Å². The summed E-state index contributed by atoms with van der Waals surface area (Å²) >= 11 is 0. The predicted octanol–water partition coefficient (Wildman–Crippen LogP) is 3.05. The van der Waals surface area contributed by atoms with E-state index in [0.29, 0.717) is 12.4 Å². The Hall–Kier alpha value is -2.88. The van der Waals surface area contributed by atoms with Crippen LogP contribution in [0.25, 0.3) is 6.08 Å². The van der Waals surface area contributed by atoms with E-state index in [2.05, 4.69) is 0 Å². The van der Waals surface area contributed by atoms with Gasteiger partial charge in [0.25, 0.3) is 0 Å². The lowest BCUT2D eigenvalue weighted by atomic mass is 10.1. The van der Waals surface area contributed by atoms with Gasteiger partial charge in [0.15, 0.2) is 11.5 Å². The Morgan fingerprint density at radius 3 is 2.59 bits per heavy atom. The largest absolute Gasteiger partial charge is 0.504 e. The van der Waals surface area contributed by atoms with Gasteiger partial charge < -0.3 is 9.84 Å². The molecule has 0 heterocycles. The number of ketones is 1. The van der Waals surface area contributed by atoms with Gasteiger partial charge in [0, 0.05) is 5.56 Å². The molecule has 112 valence electrons. The van der Waals surface area contributed by atoms with Gasteiger partial charge in [-0.3, -0.25) is 9.59 Å². The maximum atomic E-state index is 12.2. The van der Waals surface area contributed by atoms with Crippen molar-refractivity contribution in [3.63, 3.8) is 0 Å². The van der Waals surface area contributed by atoms with Gasteiger partial charge in [-0.05, 0) is 37.3 Å². The van der Waals surface area contributed by atoms with Crippen LogP contribution in [-0.2, 0) is 0 Å². The molecule has 0 aromatic heterocycles. The first kappa shape index (κ1) is 15.5. The fraction of sp³-hybridized carbons (Fsp3) is 0.111. The first-order valence-corrected chi connectivity index (χ1v) is 6.90. The fourth-order valence-electron chi connectivity index (χ4n) is 1.94. The van der Waals surface area contributed by atoms with Crippen LogP contribution in [0.4, 0.5) is 0 Å². The lowest BCUT2D eigenvalue weighted by molar-refractivity contribution is 0.104. The molecule has 0 aliphatic heterocycles. The minimum atomic E-state index is -0.587. The Labute approximate surface area is 128 Å². The minimum absolute atomic E-state index is 0.0276. The summed E-state index contributed by atoms with van der Waals surface area (Å²) in [5.74, 6) is -0.323. The maximum absolute atomic E-state index is 12.2. The predicted molar refractivity (Wildman–Crippen MR) is 85.4 cm³/mol. The lowest BCUT2D eigenvalue weighted by Gasteiger charge is -2.06. The zero-order chi connectivity index (χ0) is 15.9. The van der Waals surface area contributed by atoms with Crippen LogP contribution < -0.4 is 10.2 Å². The van der Waals surface area contributed by atoms with E-state index in [-0.39, 0.29) is 5.56 Å². The van der Waals surface area contributed by atoms with Gasteiger partial charge in [0.2, 0.25) is 5.43 Å². The highest BCUT2D eigenvalue weighted by atomic mass is 16.5. The highest BCUT2D eigenvalue weighted by Gasteiger charge is 2.09. The summed E-state index contributed by atoms with van der Waals surface area (Å²) in [6.07, 6.45) is 2.91. The minimum Gasteiger partial charge on any atom is -0.504 e. The van der Waals surface area contributed by atoms with Gasteiger partial charge in [-0.1, -0.05) is 30.3 Å². The molecule has 4 heteroatoms. The molecule has 1 N–H and O–H groups in total. The highest BCUT2D eigenvalue weighted by Crippen LogP contribution is 2.20. The van der Waals surface area contributed by atoms with Crippen molar-refractivity contribution in [3.8, 4) is 11.5 Å². The molecule has 2 aromatic rings. The van der Waals surface area contributed by atoms with Crippen molar-refractivity contribution < 1.29 is 14.6 Å². The molecule has 0 atom stereocenters. The summed E-state index contributed by atoms with van der Waals surface area (Å²) in [5, 5.41) is 9.77. The van der Waals surface area contributed by atoms with E-state index in [1.807, 2.05) is 31.2 Å². The quantitative estimate of drug-likeness (QED) is 0.680. The molecular formula is C18H16O4. The van der Waals surface area contributed by atoms with Crippen molar-refractivity contribution in [1.29, 1.82) is 0 Å². The van der Waals surface area contributed by atoms with Gasteiger partial charge in [-0.15, -0.1) is 0 Å². The van der Waals surface area contributed by atoms with Gasteiger partial charge in [-0.2, -0.15) is 0 Å². The first-order chi connectivity index (χ1) is 10.6. The van der Waals surface area contributed by atoms with Crippen molar-refractivity contribution in [3.05, 3.63) is 76.0 Å². The Kier molecular flexibility index (Phi) is 5.09. The summed E-state index contributed by atoms with van der Waals surface area (Å²) in [7, 11) is 0. The van der Waals surface area contributed by atoms with E-state index in [1.54, 1.807) is 6.08 Å². The van der Waals surface area contributed by atoms with Crippen LogP contribution in [0, 0.1) is 0 Å². The number of ether oxygens (including phenoxy) is 1. The number of hydrogen-bond acceptors (Lipinski definition) is 4. The summed E-state index contributed by atoms with van der Waals surface area (Å²) < 4.78 is 5.47. The average molecular weight is 296 g/mol. The van der Waals surface area contributed by atoms with Crippen molar-refractivity contribution >= 4 is 11.9 Å². The number of carbonyl (C=O) groups is 1. The molecule has 0 spiro atoms. The normalized spacial score (nSPS) is 10.6. The molecule has 4 nitrogen and oxygen atoms in total. The number of carbonyl (C=O) groups excluding carboxylic acids is 1. The molecule has 0 amide bonds. The van der Waals surface area contributed by atoms with Crippen LogP contribution in [0.5, 0.6) is 11.5 Å². The van der Waals surface area contributed by atoms with E-state index in [4.69, 9.17) is 4.74 Å². The zero-order valence-electron chi connectivity index (χ0n) is 12.2. The third-order valence-corrected chi connectivity index (χ3v) is 3.01. The van der Waals surface area contributed by atoms with Crippen molar-refractivity contribution in [2.24, 2.45) is 0 Å². The lowest BCUT2D eigenvalue weighted by Crippen LogP contribution is -2.01. The molecule has 2 rings (SSSR count). The number of hydrogen-bond donors (Lipinski definition) is 1. The van der Waals surface area contributed by atoms with Crippen LogP contribution in [0.3, 0.4) is 0 Å². The summed E-state index contributed by atoms with van der Waals surface area (Å²) in [6, 6.07) is 12.9. The Balaban J connectivity index is 2.32. The number of para-hydroxylation sites is 1. The molecule has 0 aliphatic carbocycles. The number of allylic oxidation sites excluding steroid dienone is 1. The molecule has 2 aromatic carbocycles. The van der Waals surface area contributed by atoms with Gasteiger partial charge in [-0.25, -0.2) is 0 Å². The van der Waals surface area contributed by atoms with Crippen LogP contribution in [0.1, 0.15) is 22.8 Å². The SMILES string of the molecule is CCOc1ccccc1C=CC(=O)c1ccccc(=O)c1O. The molecule has 0 fully saturated rings. The third-order valence-electron chi connectivity index (χ3n) is 3.01. The van der Waals surface area contributed by atoms with Gasteiger partial charge in [0.05, 0.1) is 12.2 Å². The monoisotopic (exact) mass is 296 g/mol. The van der Waals surface area contributed by atoms with E-state index in [0.717, 1.165) is 5.56 Å². The van der Waals surface area contributed by atoms with E-state index in [9.17, 15) is 14.7 Å². The second-order valence-electron chi connectivity index (χ2n) is 4.51. The Morgan fingerprint density at radius 1 is 1.14 bits per heavy atom. The molecule has 0 aliphatic rings. The molecule has 0 radical (unpaired) electrons. The smallest absolute Gasteiger partial charge is 0.220 e. The topological polar surface area (TPSA) is 63.6 Å². The van der Waals surface area contributed by atoms with Crippen LogP contribution in [-0.4, -0.2) is 17.5 Å². The van der Waals surface area contributed by atoms with E-state index in [1.165, 1.54) is 30.3 Å². The second kappa shape index (κ2) is 7.22. The summed E-state index contributed by atoms with van der Waals surface area (Å²) in [4.78, 5) is 23.7. The second-order valence-corrected chi connectivity index (χ2v) is 4.51. The number of aromatic hydroxyl groups is 1. The molecule has 22 heavy (non-hydrogen) atoms. The van der Waals surface area contributed by atoms with Gasteiger partial charge in [0.1, 0.15) is 5.75 Å². The van der Waals surface area contributed by atoms with Crippen LogP contribution in [0.15, 0.2) is 59.4 Å². The summed E-state index contributed by atoms with van der Waals surface area (Å²) in [6.45, 7) is 2.40. The average Bonchev–Trinajstić information content (AvgIpc) is 2.69. The molecule has 0 bridgehead atoms. The molecule has 0 saturated heterocycles. The van der Waals surface area contributed by atoms with E-state index < -0.39 is 17.0 Å². The van der Waals surface area contributed by atoms with Crippen LogP contribution >= 0.6 is 0 Å². The Bertz CT molecular complexity index is 763. The van der Waals surface area contributed by atoms with Crippen LogP contribution in [0.2, 0.25) is 0 Å². The number of rotatable bonds is 5. The summed E-state index contributed by atoms with van der Waals surface area (Å²) in [5.41, 5.74) is 0.136. The zero-order valence-corrected chi connectivity index (χ0v) is 12.2. The molecular weight excluding hydrogens is 280 g/mol. The highest BCUT2D eigenvalue weighted by molar-refractivity contribution is 6.08. The van der Waals surface area contributed by atoms with Crippen molar-refractivity contribution in [2.75, 3.05) is 6.61 Å². The maximum Gasteiger partial charge on any atom is 0.220 e. The standard InChI is InChI=1S/C18H16O4/c1-2-22-17-10-6-3-7-13(17)11-12-15(19)14-8-4-5-9-16(20)18(14)21/h3-12H,2H2,1H3,(H,20,21). The molecule has 0 unspecified atom stereocenters. The molecule has 0 saturated carbocycles. The number of benzene rings is 1. The third kappa shape index (κ3) is 3.61. The fourth-order valence-corrected chi connectivity index (χ4v) is 1.94. The van der Waals surface area contributed by atoms with Gasteiger partial charge >= 0.3 is 0 Å². The Morgan fingerprint density at radius 2 is 1.82 bits per heavy atom. The van der Waals surface area contributed by atoms with Crippen molar-refractivity contribution in [1.82, 2.24) is 0 Å².